The fourth-order valence-corrected chi connectivity index (χ4v) is 2.18. The molecule has 1 aromatic rings. The Kier molecular flexibility index (Phi) is 3.47. The number of aryl methyl sites for hydroxylation is 1. The number of nitrogens with one attached hydrogen (secondary N) is 1. The zero-order chi connectivity index (χ0) is 10.7. The first-order valence-corrected chi connectivity index (χ1v) is 6.17. The Labute approximate surface area is 92.7 Å². The van der Waals surface area contributed by atoms with E-state index in [1.54, 1.807) is 0 Å². The lowest BCUT2D eigenvalue weighted by Gasteiger charge is -2.32. The minimum atomic E-state index is 0.684. The Balaban J connectivity index is 1.76. The quantitative estimate of drug-likeness (QED) is 0.784. The average molecular weight is 206 g/mol. The number of nitrogens with zero attached hydrogens (tertiary/aromatic N) is 1. The van der Waals surface area contributed by atoms with Crippen LogP contribution in [0.15, 0.2) is 18.5 Å². The van der Waals surface area contributed by atoms with Gasteiger partial charge in [0.15, 0.2) is 0 Å². The molecule has 0 spiro atoms. The van der Waals surface area contributed by atoms with Crippen molar-refractivity contribution in [2.75, 3.05) is 0 Å². The van der Waals surface area contributed by atoms with Gasteiger partial charge in [0.1, 0.15) is 0 Å². The maximum absolute atomic E-state index is 3.62. The predicted molar refractivity (Wildman–Crippen MR) is 63.7 cm³/mol. The summed E-state index contributed by atoms with van der Waals surface area (Å²) in [5.41, 5.74) is 1.41. The van der Waals surface area contributed by atoms with Gasteiger partial charge in [0, 0.05) is 31.5 Å². The summed E-state index contributed by atoms with van der Waals surface area (Å²) in [7, 11) is 0. The van der Waals surface area contributed by atoms with Crippen LogP contribution >= 0.6 is 0 Å². The minimum Gasteiger partial charge on any atom is -0.354 e. The zero-order valence-electron chi connectivity index (χ0n) is 9.87. The highest BCUT2D eigenvalue weighted by molar-refractivity contribution is 5.10. The summed E-state index contributed by atoms with van der Waals surface area (Å²) in [5.74, 6) is 0.929. The summed E-state index contributed by atoms with van der Waals surface area (Å²) >= 11 is 0. The molecule has 0 saturated heterocycles. The molecule has 1 unspecified atom stereocenters. The van der Waals surface area contributed by atoms with Gasteiger partial charge in [-0.3, -0.25) is 0 Å². The summed E-state index contributed by atoms with van der Waals surface area (Å²) in [4.78, 5) is 0. The van der Waals surface area contributed by atoms with E-state index in [0.29, 0.717) is 6.04 Å². The van der Waals surface area contributed by atoms with E-state index < -0.39 is 0 Å². The predicted octanol–water partition coefficient (Wildman–Crippen LogP) is 2.79. The van der Waals surface area contributed by atoms with E-state index in [1.165, 1.54) is 24.8 Å². The van der Waals surface area contributed by atoms with E-state index in [4.69, 9.17) is 0 Å². The fourth-order valence-electron chi connectivity index (χ4n) is 2.18. The standard InChI is InChI=1S/C13H22N2/c1-3-15-8-7-12(10-15)9-14-11(2)13-5-4-6-13/h7-8,10-11,13-14H,3-6,9H2,1-2H3. The largest absolute Gasteiger partial charge is 0.354 e. The maximum atomic E-state index is 3.62. The molecule has 1 aliphatic carbocycles. The number of aromatic nitrogens is 1. The number of rotatable bonds is 5. The average Bonchev–Trinajstić information content (AvgIpc) is 2.59. The van der Waals surface area contributed by atoms with Gasteiger partial charge in [-0.15, -0.1) is 0 Å². The molecule has 1 N–H and O–H groups in total. The molecule has 0 bridgehead atoms. The number of hydrogen-bond acceptors (Lipinski definition) is 1. The second-order valence-electron chi connectivity index (χ2n) is 4.71. The topological polar surface area (TPSA) is 17.0 Å². The van der Waals surface area contributed by atoms with E-state index in [9.17, 15) is 0 Å². The molecule has 15 heavy (non-hydrogen) atoms. The van der Waals surface area contributed by atoms with Crippen LogP contribution in [0.5, 0.6) is 0 Å². The Morgan fingerprint density at radius 2 is 2.33 bits per heavy atom. The first-order valence-electron chi connectivity index (χ1n) is 6.17. The van der Waals surface area contributed by atoms with Gasteiger partial charge in [0.05, 0.1) is 0 Å². The molecule has 1 atom stereocenters. The van der Waals surface area contributed by atoms with Crippen LogP contribution < -0.4 is 5.32 Å². The van der Waals surface area contributed by atoms with E-state index in [0.717, 1.165) is 19.0 Å². The van der Waals surface area contributed by atoms with Crippen molar-refractivity contribution >= 4 is 0 Å². The normalized spacial score (nSPS) is 18.8. The van der Waals surface area contributed by atoms with Crippen molar-refractivity contribution in [3.05, 3.63) is 24.0 Å². The number of hydrogen-bond donors (Lipinski definition) is 1. The molecule has 0 radical (unpaired) electrons. The lowest BCUT2D eigenvalue weighted by atomic mass is 9.80. The van der Waals surface area contributed by atoms with Crippen LogP contribution in [-0.4, -0.2) is 10.6 Å². The highest BCUT2D eigenvalue weighted by Crippen LogP contribution is 2.29. The second kappa shape index (κ2) is 4.84. The van der Waals surface area contributed by atoms with Crippen molar-refractivity contribution in [2.45, 2.75) is 52.2 Å². The third-order valence-electron chi connectivity index (χ3n) is 3.66. The van der Waals surface area contributed by atoms with Gasteiger partial charge in [-0.1, -0.05) is 6.42 Å². The van der Waals surface area contributed by atoms with E-state index >= 15 is 0 Å². The molecule has 2 nitrogen and oxygen atoms in total. The third-order valence-corrected chi connectivity index (χ3v) is 3.66. The molecule has 1 saturated carbocycles. The lowest BCUT2D eigenvalue weighted by Crippen LogP contribution is -2.36. The molecule has 0 aromatic carbocycles. The molecule has 0 aliphatic heterocycles. The summed E-state index contributed by atoms with van der Waals surface area (Å²) in [6.45, 7) is 6.58. The van der Waals surface area contributed by atoms with Crippen LogP contribution in [0.25, 0.3) is 0 Å². The molecule has 1 aromatic heterocycles. The lowest BCUT2D eigenvalue weighted by molar-refractivity contribution is 0.240. The third kappa shape index (κ3) is 2.63. The van der Waals surface area contributed by atoms with Crippen molar-refractivity contribution in [1.29, 1.82) is 0 Å². The van der Waals surface area contributed by atoms with Crippen LogP contribution in [0.3, 0.4) is 0 Å². The Morgan fingerprint density at radius 1 is 1.53 bits per heavy atom. The van der Waals surface area contributed by atoms with Crippen LogP contribution in [0.2, 0.25) is 0 Å². The van der Waals surface area contributed by atoms with Crippen LogP contribution in [0.1, 0.15) is 38.7 Å². The minimum absolute atomic E-state index is 0.684. The van der Waals surface area contributed by atoms with Crippen LogP contribution in [-0.2, 0) is 13.1 Å². The first kappa shape index (κ1) is 10.7. The maximum Gasteiger partial charge on any atom is 0.0223 e. The van der Waals surface area contributed by atoms with Crippen LogP contribution in [0, 0.1) is 5.92 Å². The van der Waals surface area contributed by atoms with Gasteiger partial charge in [-0.25, -0.2) is 0 Å². The van der Waals surface area contributed by atoms with Gasteiger partial charge in [0.2, 0.25) is 0 Å². The summed E-state index contributed by atoms with van der Waals surface area (Å²) in [6, 6.07) is 2.90. The van der Waals surface area contributed by atoms with Gasteiger partial charge in [-0.2, -0.15) is 0 Å². The van der Waals surface area contributed by atoms with E-state index in [-0.39, 0.29) is 0 Å². The van der Waals surface area contributed by atoms with Gasteiger partial charge >= 0.3 is 0 Å². The van der Waals surface area contributed by atoms with Crippen molar-refractivity contribution in [1.82, 2.24) is 9.88 Å². The van der Waals surface area contributed by atoms with Gasteiger partial charge in [-0.05, 0) is 44.2 Å². The highest BCUT2D eigenvalue weighted by atomic mass is 14.9. The summed E-state index contributed by atoms with van der Waals surface area (Å²) < 4.78 is 2.23. The molecular weight excluding hydrogens is 184 g/mol. The highest BCUT2D eigenvalue weighted by Gasteiger charge is 2.23. The van der Waals surface area contributed by atoms with Crippen molar-refractivity contribution in [3.8, 4) is 0 Å². The molecule has 0 amide bonds. The van der Waals surface area contributed by atoms with Gasteiger partial charge < -0.3 is 9.88 Å². The van der Waals surface area contributed by atoms with Gasteiger partial charge in [0.25, 0.3) is 0 Å². The molecule has 84 valence electrons. The Bertz CT molecular complexity index is 299. The van der Waals surface area contributed by atoms with E-state index in [1.807, 2.05) is 0 Å². The summed E-state index contributed by atoms with van der Waals surface area (Å²) in [5, 5.41) is 3.62. The fraction of sp³-hybridized carbons (Fsp3) is 0.692. The Morgan fingerprint density at radius 3 is 2.87 bits per heavy atom. The summed E-state index contributed by atoms with van der Waals surface area (Å²) in [6.07, 6.45) is 8.67. The molecule has 1 heterocycles. The molecular formula is C13H22N2. The zero-order valence-corrected chi connectivity index (χ0v) is 9.87. The molecule has 2 heteroatoms. The van der Waals surface area contributed by atoms with Crippen molar-refractivity contribution in [3.63, 3.8) is 0 Å². The Hall–Kier alpha value is -0.760. The molecule has 2 rings (SSSR count). The van der Waals surface area contributed by atoms with E-state index in [2.05, 4.69) is 42.2 Å². The molecule has 1 fully saturated rings. The first-order chi connectivity index (χ1) is 7.29. The van der Waals surface area contributed by atoms with Crippen molar-refractivity contribution < 1.29 is 0 Å². The smallest absolute Gasteiger partial charge is 0.0223 e. The van der Waals surface area contributed by atoms with Crippen LogP contribution in [0.4, 0.5) is 0 Å². The monoisotopic (exact) mass is 206 g/mol. The molecule has 1 aliphatic rings. The van der Waals surface area contributed by atoms with Crippen molar-refractivity contribution in [2.24, 2.45) is 5.92 Å². The second-order valence-corrected chi connectivity index (χ2v) is 4.71. The SMILES string of the molecule is CCn1ccc(CNC(C)C2CCC2)c1.